The van der Waals surface area contributed by atoms with Gasteiger partial charge < -0.3 is 14.7 Å². The van der Waals surface area contributed by atoms with Gasteiger partial charge in [0.1, 0.15) is 6.33 Å². The Hall–Kier alpha value is -1.96. The van der Waals surface area contributed by atoms with Gasteiger partial charge in [-0.25, -0.2) is 4.98 Å². The van der Waals surface area contributed by atoms with E-state index in [1.165, 1.54) is 13.4 Å². The molecule has 0 saturated heterocycles. The highest BCUT2D eigenvalue weighted by Crippen LogP contribution is 2.33. The summed E-state index contributed by atoms with van der Waals surface area (Å²) in [6.45, 7) is 5.75. The van der Waals surface area contributed by atoms with E-state index in [2.05, 4.69) is 9.97 Å². The average Bonchev–Trinajstić information content (AvgIpc) is 2.33. The molecule has 0 aromatic carbocycles. The number of methoxy groups -OCH3 is 1. The molecular formula is C11H18N4O4. The number of nitrogens with zero attached hydrogens (tertiary/aromatic N) is 4. The first-order chi connectivity index (χ1) is 8.80. The fraction of sp³-hybridized carbons (Fsp3) is 0.636. The number of hydrogen-bond acceptors (Lipinski definition) is 7. The van der Waals surface area contributed by atoms with Gasteiger partial charge in [-0.05, 0) is 20.8 Å². The largest absolute Gasteiger partial charge is 0.476 e. The van der Waals surface area contributed by atoms with Crippen LogP contribution in [0.2, 0.25) is 0 Å². The molecule has 0 radical (unpaired) electrons. The standard InChI is InChI=1S/C11H18N4O4/c1-5-14(6-11(2,3)16)9-8(15(17)18)10(19-4)13-7-12-9/h7,16H,5-6H2,1-4H3. The molecule has 1 rings (SSSR count). The molecule has 0 bridgehead atoms. The molecule has 8 nitrogen and oxygen atoms in total. The third-order valence-electron chi connectivity index (χ3n) is 2.40. The molecule has 1 aromatic heterocycles. The summed E-state index contributed by atoms with van der Waals surface area (Å²) in [6.07, 6.45) is 1.20. The van der Waals surface area contributed by atoms with E-state index in [1.54, 1.807) is 18.7 Å². The first-order valence-electron chi connectivity index (χ1n) is 5.81. The van der Waals surface area contributed by atoms with Crippen molar-refractivity contribution in [3.63, 3.8) is 0 Å². The van der Waals surface area contributed by atoms with Gasteiger partial charge in [0.15, 0.2) is 0 Å². The molecule has 1 aromatic rings. The highest BCUT2D eigenvalue weighted by atomic mass is 16.6. The van der Waals surface area contributed by atoms with Crippen LogP contribution in [0.3, 0.4) is 0 Å². The van der Waals surface area contributed by atoms with E-state index >= 15 is 0 Å². The summed E-state index contributed by atoms with van der Waals surface area (Å²) in [6, 6.07) is 0. The summed E-state index contributed by atoms with van der Waals surface area (Å²) < 4.78 is 4.89. The molecule has 1 N–H and O–H groups in total. The Bertz CT molecular complexity index is 458. The molecular weight excluding hydrogens is 252 g/mol. The van der Waals surface area contributed by atoms with E-state index in [4.69, 9.17) is 4.74 Å². The van der Waals surface area contributed by atoms with Gasteiger partial charge >= 0.3 is 5.69 Å². The van der Waals surface area contributed by atoms with Gasteiger partial charge in [0.05, 0.1) is 17.6 Å². The van der Waals surface area contributed by atoms with Crippen LogP contribution in [-0.2, 0) is 0 Å². The number of nitro groups is 1. The van der Waals surface area contributed by atoms with Gasteiger partial charge in [0.2, 0.25) is 5.82 Å². The molecule has 0 aliphatic rings. The normalized spacial score (nSPS) is 11.2. The Labute approximate surface area is 111 Å². The zero-order chi connectivity index (χ0) is 14.6. The van der Waals surface area contributed by atoms with Crippen molar-refractivity contribution in [1.29, 1.82) is 0 Å². The zero-order valence-corrected chi connectivity index (χ0v) is 11.5. The zero-order valence-electron chi connectivity index (χ0n) is 11.5. The summed E-state index contributed by atoms with van der Waals surface area (Å²) >= 11 is 0. The summed E-state index contributed by atoms with van der Waals surface area (Å²) in [5.74, 6) is 0.0469. The van der Waals surface area contributed by atoms with Gasteiger partial charge in [0.25, 0.3) is 5.88 Å². The molecule has 0 aliphatic carbocycles. The fourth-order valence-electron chi connectivity index (χ4n) is 1.70. The van der Waals surface area contributed by atoms with Crippen LogP contribution in [0.4, 0.5) is 11.5 Å². The van der Waals surface area contributed by atoms with Crippen LogP contribution in [-0.4, -0.2) is 45.8 Å². The van der Waals surface area contributed by atoms with Crippen LogP contribution >= 0.6 is 0 Å². The molecule has 0 fully saturated rings. The summed E-state index contributed by atoms with van der Waals surface area (Å²) in [5.41, 5.74) is -1.29. The first-order valence-corrected chi connectivity index (χ1v) is 5.81. The second kappa shape index (κ2) is 5.79. The highest BCUT2D eigenvalue weighted by molar-refractivity contribution is 5.62. The lowest BCUT2D eigenvalue weighted by Crippen LogP contribution is -2.39. The van der Waals surface area contributed by atoms with Crippen molar-refractivity contribution in [2.75, 3.05) is 25.1 Å². The molecule has 1 heterocycles. The van der Waals surface area contributed by atoms with Gasteiger partial charge in [-0.2, -0.15) is 4.98 Å². The maximum atomic E-state index is 11.1. The van der Waals surface area contributed by atoms with Crippen LogP contribution in [0.15, 0.2) is 6.33 Å². The van der Waals surface area contributed by atoms with Crippen LogP contribution in [0.1, 0.15) is 20.8 Å². The van der Waals surface area contributed by atoms with Crippen molar-refractivity contribution in [1.82, 2.24) is 9.97 Å². The van der Waals surface area contributed by atoms with Gasteiger partial charge in [-0.15, -0.1) is 0 Å². The van der Waals surface area contributed by atoms with Crippen molar-refractivity contribution in [2.24, 2.45) is 0 Å². The quantitative estimate of drug-likeness (QED) is 0.607. The Kier molecular flexibility index (Phi) is 4.60. The van der Waals surface area contributed by atoms with Crippen LogP contribution in [0.25, 0.3) is 0 Å². The maximum absolute atomic E-state index is 11.1. The number of ether oxygens (including phenoxy) is 1. The molecule has 0 saturated carbocycles. The van der Waals surface area contributed by atoms with Crippen molar-refractivity contribution in [2.45, 2.75) is 26.4 Å². The number of anilines is 1. The molecule has 0 amide bonds. The summed E-state index contributed by atoms with van der Waals surface area (Å²) in [7, 11) is 1.31. The predicted molar refractivity (Wildman–Crippen MR) is 69.4 cm³/mol. The molecule has 0 spiro atoms. The second-order valence-electron chi connectivity index (χ2n) is 4.64. The highest BCUT2D eigenvalue weighted by Gasteiger charge is 2.29. The average molecular weight is 270 g/mol. The lowest BCUT2D eigenvalue weighted by Gasteiger charge is -2.28. The van der Waals surface area contributed by atoms with E-state index < -0.39 is 10.5 Å². The number of rotatable bonds is 6. The van der Waals surface area contributed by atoms with Crippen molar-refractivity contribution >= 4 is 11.5 Å². The minimum atomic E-state index is -0.998. The van der Waals surface area contributed by atoms with Crippen molar-refractivity contribution in [3.8, 4) is 5.88 Å². The van der Waals surface area contributed by atoms with E-state index in [0.717, 1.165) is 0 Å². The number of aromatic nitrogens is 2. The molecule has 106 valence electrons. The van der Waals surface area contributed by atoms with E-state index in [9.17, 15) is 15.2 Å². The Balaban J connectivity index is 3.27. The van der Waals surface area contributed by atoms with Crippen molar-refractivity contribution < 1.29 is 14.8 Å². The lowest BCUT2D eigenvalue weighted by molar-refractivity contribution is -0.385. The summed E-state index contributed by atoms with van der Waals surface area (Å²) in [5, 5.41) is 21.0. The fourth-order valence-corrected chi connectivity index (χ4v) is 1.70. The molecule has 0 unspecified atom stereocenters. The monoisotopic (exact) mass is 270 g/mol. The van der Waals surface area contributed by atoms with Gasteiger partial charge in [-0.1, -0.05) is 0 Å². The SMILES string of the molecule is CCN(CC(C)(C)O)c1ncnc(OC)c1[N+](=O)[O-]. The number of aliphatic hydroxyl groups is 1. The second-order valence-corrected chi connectivity index (χ2v) is 4.64. The molecule has 0 atom stereocenters. The predicted octanol–water partition coefficient (Wildman–Crippen LogP) is 0.991. The van der Waals surface area contributed by atoms with Crippen molar-refractivity contribution in [3.05, 3.63) is 16.4 Å². The Morgan fingerprint density at radius 3 is 2.58 bits per heavy atom. The number of likely N-dealkylation sites (N-methyl/N-ethyl adjacent to an activating group) is 1. The van der Waals surface area contributed by atoms with Gasteiger partial charge in [0, 0.05) is 13.1 Å². The third kappa shape index (κ3) is 3.75. The Morgan fingerprint density at radius 2 is 2.16 bits per heavy atom. The first kappa shape index (κ1) is 15.1. The van der Waals surface area contributed by atoms with Crippen LogP contribution < -0.4 is 9.64 Å². The van der Waals surface area contributed by atoms with Crippen LogP contribution in [0.5, 0.6) is 5.88 Å². The van der Waals surface area contributed by atoms with Gasteiger partial charge in [-0.3, -0.25) is 10.1 Å². The number of hydrogen-bond donors (Lipinski definition) is 1. The topological polar surface area (TPSA) is 102 Å². The van der Waals surface area contributed by atoms with E-state index in [0.29, 0.717) is 6.54 Å². The minimum Gasteiger partial charge on any atom is -0.476 e. The van der Waals surface area contributed by atoms with E-state index in [-0.39, 0.29) is 23.9 Å². The summed E-state index contributed by atoms with van der Waals surface area (Å²) in [4.78, 5) is 19.8. The molecule has 19 heavy (non-hydrogen) atoms. The van der Waals surface area contributed by atoms with Crippen LogP contribution in [0, 0.1) is 10.1 Å². The molecule has 0 aliphatic heterocycles. The molecule has 8 heteroatoms. The Morgan fingerprint density at radius 1 is 1.53 bits per heavy atom. The smallest absolute Gasteiger partial charge is 0.372 e. The minimum absolute atomic E-state index is 0.0933. The maximum Gasteiger partial charge on any atom is 0.372 e. The third-order valence-corrected chi connectivity index (χ3v) is 2.40. The van der Waals surface area contributed by atoms with E-state index in [1.807, 2.05) is 6.92 Å². The lowest BCUT2D eigenvalue weighted by atomic mass is 10.1.